The molecule has 26 heavy (non-hydrogen) atoms. The molecule has 2 fully saturated rings. The quantitative estimate of drug-likeness (QED) is 0.805. The molecule has 7 nitrogen and oxygen atoms in total. The summed E-state index contributed by atoms with van der Waals surface area (Å²) in [5, 5.41) is -0.447. The number of nitrogens with zero attached hydrogens (tertiary/aromatic N) is 2. The summed E-state index contributed by atoms with van der Waals surface area (Å²) in [5.41, 5.74) is 6.10. The van der Waals surface area contributed by atoms with Crippen molar-refractivity contribution in [2.75, 3.05) is 19.6 Å². The van der Waals surface area contributed by atoms with Crippen molar-refractivity contribution in [2.45, 2.75) is 12.8 Å². The van der Waals surface area contributed by atoms with Gasteiger partial charge in [0.15, 0.2) is 0 Å². The first-order chi connectivity index (χ1) is 12.5. The summed E-state index contributed by atoms with van der Waals surface area (Å²) >= 11 is 0.836. The number of thioether (sulfide) groups is 1. The fourth-order valence-corrected chi connectivity index (χ4v) is 3.82. The zero-order valence-corrected chi connectivity index (χ0v) is 14.9. The SMILES string of the molecule is NC(=O)C1CCN(C(=O)CN2C(=O)S/C(=C/c3ccccc3)C2=O)CC1. The number of amides is 4. The van der Waals surface area contributed by atoms with Crippen molar-refractivity contribution in [1.29, 1.82) is 0 Å². The van der Waals surface area contributed by atoms with E-state index < -0.39 is 11.1 Å². The molecule has 136 valence electrons. The molecule has 0 aliphatic carbocycles. The molecule has 0 saturated carbocycles. The van der Waals surface area contributed by atoms with Crippen LogP contribution in [0.1, 0.15) is 18.4 Å². The zero-order valence-electron chi connectivity index (χ0n) is 14.1. The Morgan fingerprint density at radius 3 is 2.42 bits per heavy atom. The van der Waals surface area contributed by atoms with E-state index in [2.05, 4.69) is 0 Å². The number of likely N-dealkylation sites (tertiary alicyclic amines) is 1. The highest BCUT2D eigenvalue weighted by molar-refractivity contribution is 8.18. The number of benzene rings is 1. The van der Waals surface area contributed by atoms with Crippen LogP contribution in [-0.4, -0.2) is 52.4 Å². The van der Waals surface area contributed by atoms with E-state index in [0.29, 0.717) is 30.8 Å². The fourth-order valence-electron chi connectivity index (χ4n) is 2.99. The third kappa shape index (κ3) is 3.96. The lowest BCUT2D eigenvalue weighted by Crippen LogP contribution is -2.46. The van der Waals surface area contributed by atoms with Gasteiger partial charge >= 0.3 is 0 Å². The van der Waals surface area contributed by atoms with Crippen LogP contribution in [-0.2, 0) is 14.4 Å². The Kier molecular flexibility index (Phi) is 5.41. The first kappa shape index (κ1) is 18.2. The third-order valence-electron chi connectivity index (χ3n) is 4.51. The molecule has 0 radical (unpaired) electrons. The average Bonchev–Trinajstić information content (AvgIpc) is 2.90. The van der Waals surface area contributed by atoms with Crippen molar-refractivity contribution in [3.05, 3.63) is 40.8 Å². The van der Waals surface area contributed by atoms with E-state index in [1.165, 1.54) is 0 Å². The lowest BCUT2D eigenvalue weighted by Gasteiger charge is -2.31. The molecule has 0 unspecified atom stereocenters. The van der Waals surface area contributed by atoms with Gasteiger partial charge in [0, 0.05) is 19.0 Å². The zero-order chi connectivity index (χ0) is 18.7. The van der Waals surface area contributed by atoms with Gasteiger partial charge in [-0.15, -0.1) is 0 Å². The molecule has 2 aliphatic rings. The van der Waals surface area contributed by atoms with Gasteiger partial charge in [-0.05, 0) is 36.2 Å². The second kappa shape index (κ2) is 7.74. The predicted octanol–water partition coefficient (Wildman–Crippen LogP) is 1.45. The molecule has 1 aromatic carbocycles. The molecule has 0 bridgehead atoms. The molecule has 4 amide bonds. The minimum absolute atomic E-state index is 0.218. The highest BCUT2D eigenvalue weighted by atomic mass is 32.2. The predicted molar refractivity (Wildman–Crippen MR) is 97.6 cm³/mol. The number of rotatable bonds is 4. The van der Waals surface area contributed by atoms with Gasteiger partial charge in [-0.25, -0.2) is 0 Å². The van der Waals surface area contributed by atoms with Crippen LogP contribution in [0.5, 0.6) is 0 Å². The third-order valence-corrected chi connectivity index (χ3v) is 5.42. The lowest BCUT2D eigenvalue weighted by atomic mass is 9.96. The van der Waals surface area contributed by atoms with E-state index in [9.17, 15) is 19.2 Å². The first-order valence-corrected chi connectivity index (χ1v) is 9.15. The van der Waals surface area contributed by atoms with Gasteiger partial charge in [0.2, 0.25) is 11.8 Å². The van der Waals surface area contributed by atoms with Crippen molar-refractivity contribution in [3.63, 3.8) is 0 Å². The molecule has 2 N–H and O–H groups in total. The number of hydrogen-bond donors (Lipinski definition) is 1. The number of hydrogen-bond acceptors (Lipinski definition) is 5. The van der Waals surface area contributed by atoms with Crippen LogP contribution in [0.3, 0.4) is 0 Å². The van der Waals surface area contributed by atoms with Crippen LogP contribution in [0.25, 0.3) is 6.08 Å². The maximum Gasteiger partial charge on any atom is 0.294 e. The molecule has 2 heterocycles. The van der Waals surface area contributed by atoms with Gasteiger partial charge in [-0.1, -0.05) is 30.3 Å². The number of primary amides is 1. The summed E-state index contributed by atoms with van der Waals surface area (Å²) in [5.74, 6) is -1.32. The van der Waals surface area contributed by atoms with Crippen molar-refractivity contribution >= 4 is 40.8 Å². The smallest absolute Gasteiger partial charge is 0.294 e. The van der Waals surface area contributed by atoms with Crippen LogP contribution < -0.4 is 5.73 Å². The summed E-state index contributed by atoms with van der Waals surface area (Å²) in [6.45, 7) is 0.531. The maximum absolute atomic E-state index is 12.5. The Hall–Kier alpha value is -2.61. The maximum atomic E-state index is 12.5. The van der Waals surface area contributed by atoms with Crippen LogP contribution >= 0.6 is 11.8 Å². The van der Waals surface area contributed by atoms with Crippen molar-refractivity contribution in [3.8, 4) is 0 Å². The van der Waals surface area contributed by atoms with E-state index in [1.807, 2.05) is 30.3 Å². The van der Waals surface area contributed by atoms with Crippen molar-refractivity contribution in [2.24, 2.45) is 11.7 Å². The molecule has 8 heteroatoms. The van der Waals surface area contributed by atoms with Gasteiger partial charge < -0.3 is 10.6 Å². The van der Waals surface area contributed by atoms with Gasteiger partial charge in [0.25, 0.3) is 11.1 Å². The Bertz CT molecular complexity index is 770. The number of piperidine rings is 1. The molecule has 1 aromatic rings. The topological polar surface area (TPSA) is 101 Å². The van der Waals surface area contributed by atoms with Crippen LogP contribution in [0, 0.1) is 5.92 Å². The summed E-state index contributed by atoms with van der Waals surface area (Å²) in [4.78, 5) is 51.1. The summed E-state index contributed by atoms with van der Waals surface area (Å²) in [6, 6.07) is 9.22. The summed E-state index contributed by atoms with van der Waals surface area (Å²) in [7, 11) is 0. The Balaban J connectivity index is 1.62. The van der Waals surface area contributed by atoms with Gasteiger partial charge in [0.05, 0.1) is 4.91 Å². The van der Waals surface area contributed by atoms with Crippen LogP contribution in [0.2, 0.25) is 0 Å². The number of carbonyl (C=O) groups excluding carboxylic acids is 4. The summed E-state index contributed by atoms with van der Waals surface area (Å²) in [6.07, 6.45) is 2.67. The Morgan fingerprint density at radius 2 is 1.81 bits per heavy atom. The Labute approximate surface area is 155 Å². The molecule has 3 rings (SSSR count). The van der Waals surface area contributed by atoms with E-state index in [1.54, 1.807) is 11.0 Å². The minimum atomic E-state index is -0.454. The molecular formula is C18H19N3O4S. The van der Waals surface area contributed by atoms with Crippen LogP contribution in [0.15, 0.2) is 35.2 Å². The molecule has 2 aliphatic heterocycles. The highest BCUT2D eigenvalue weighted by Gasteiger charge is 2.37. The Morgan fingerprint density at radius 1 is 1.15 bits per heavy atom. The van der Waals surface area contributed by atoms with E-state index in [0.717, 1.165) is 22.2 Å². The number of carbonyl (C=O) groups is 4. The first-order valence-electron chi connectivity index (χ1n) is 8.33. The van der Waals surface area contributed by atoms with Gasteiger partial charge in [-0.3, -0.25) is 24.1 Å². The fraction of sp³-hybridized carbons (Fsp3) is 0.333. The summed E-state index contributed by atoms with van der Waals surface area (Å²) < 4.78 is 0. The molecule has 2 saturated heterocycles. The minimum Gasteiger partial charge on any atom is -0.369 e. The van der Waals surface area contributed by atoms with E-state index in [-0.39, 0.29) is 24.3 Å². The average molecular weight is 373 g/mol. The standard InChI is InChI=1S/C18H19N3O4S/c19-16(23)13-6-8-20(9-7-13)15(22)11-21-17(24)14(26-18(21)25)10-12-4-2-1-3-5-12/h1-5,10,13H,6-9,11H2,(H2,19,23)/b14-10+. The van der Waals surface area contributed by atoms with E-state index in [4.69, 9.17) is 5.73 Å². The molecule has 0 atom stereocenters. The van der Waals surface area contributed by atoms with Crippen molar-refractivity contribution < 1.29 is 19.2 Å². The second-order valence-corrected chi connectivity index (χ2v) is 7.23. The highest BCUT2D eigenvalue weighted by Crippen LogP contribution is 2.32. The molecule has 0 aromatic heterocycles. The molecular weight excluding hydrogens is 354 g/mol. The largest absolute Gasteiger partial charge is 0.369 e. The monoisotopic (exact) mass is 373 g/mol. The van der Waals surface area contributed by atoms with Gasteiger partial charge in [0.1, 0.15) is 6.54 Å². The number of imide groups is 1. The lowest BCUT2D eigenvalue weighted by molar-refractivity contribution is -0.138. The van der Waals surface area contributed by atoms with Crippen LogP contribution in [0.4, 0.5) is 4.79 Å². The van der Waals surface area contributed by atoms with Gasteiger partial charge in [-0.2, -0.15) is 0 Å². The number of nitrogens with two attached hydrogens (primary N) is 1. The molecule has 0 spiro atoms. The normalized spacial score (nSPS) is 20.1. The van der Waals surface area contributed by atoms with E-state index >= 15 is 0 Å². The van der Waals surface area contributed by atoms with Crippen molar-refractivity contribution in [1.82, 2.24) is 9.80 Å². The second-order valence-electron chi connectivity index (χ2n) is 6.24.